The van der Waals surface area contributed by atoms with E-state index < -0.39 is 0 Å². The van der Waals surface area contributed by atoms with Crippen molar-refractivity contribution in [1.82, 2.24) is 0 Å². The standard InChI is InChI=1S/C55H35NS/c1-2-14-37(15-3-1)41-16-7-12-24-52(41)56(40-31-33-47-46-20-8-13-25-53(46)57-54(47)35-40)39-29-26-36(27-30-39)38-28-32-45-44-19-6-11-23-50(44)55(51(45)34-38)48-21-9-4-17-42(48)43-18-5-10-22-49(43)55/h1-35H. The van der Waals surface area contributed by atoms with Crippen LogP contribution in [0.1, 0.15) is 22.3 Å². The van der Waals surface area contributed by atoms with E-state index in [0.717, 1.165) is 17.1 Å². The molecular formula is C55H35NS. The predicted molar refractivity (Wildman–Crippen MR) is 241 cm³/mol. The van der Waals surface area contributed by atoms with Crippen molar-refractivity contribution in [3.8, 4) is 44.5 Å². The molecule has 1 spiro atoms. The van der Waals surface area contributed by atoms with Gasteiger partial charge in [0.05, 0.1) is 11.1 Å². The number of nitrogens with zero attached hydrogens (tertiary/aromatic N) is 1. The Morgan fingerprint density at radius 1 is 0.316 bits per heavy atom. The summed E-state index contributed by atoms with van der Waals surface area (Å²) in [5.41, 5.74) is 18.6. The zero-order chi connectivity index (χ0) is 37.5. The maximum atomic E-state index is 2.47. The van der Waals surface area contributed by atoms with Gasteiger partial charge in [0.2, 0.25) is 0 Å². The molecule has 57 heavy (non-hydrogen) atoms. The molecule has 1 aromatic heterocycles. The van der Waals surface area contributed by atoms with E-state index in [1.165, 1.54) is 86.9 Å². The fourth-order valence-corrected chi connectivity index (χ4v) is 11.0. The smallest absolute Gasteiger partial charge is 0.0725 e. The molecule has 0 saturated carbocycles. The Morgan fingerprint density at radius 3 is 1.54 bits per heavy atom. The van der Waals surface area contributed by atoms with Crippen molar-refractivity contribution in [3.63, 3.8) is 0 Å². The molecule has 2 heteroatoms. The van der Waals surface area contributed by atoms with Gasteiger partial charge < -0.3 is 4.90 Å². The van der Waals surface area contributed by atoms with Gasteiger partial charge in [-0.3, -0.25) is 0 Å². The molecule has 12 rings (SSSR count). The molecule has 1 heterocycles. The van der Waals surface area contributed by atoms with Crippen LogP contribution in [0, 0.1) is 0 Å². The maximum Gasteiger partial charge on any atom is 0.0725 e. The molecule has 0 saturated heterocycles. The fraction of sp³-hybridized carbons (Fsp3) is 0.0182. The number of thiophene rings is 1. The Kier molecular flexibility index (Phi) is 7.08. The van der Waals surface area contributed by atoms with Crippen molar-refractivity contribution in [2.45, 2.75) is 5.41 Å². The van der Waals surface area contributed by atoms with Crippen molar-refractivity contribution in [2.75, 3.05) is 4.90 Å². The van der Waals surface area contributed by atoms with E-state index >= 15 is 0 Å². The first-order chi connectivity index (χ1) is 28.3. The van der Waals surface area contributed by atoms with Crippen molar-refractivity contribution in [3.05, 3.63) is 235 Å². The number of rotatable bonds is 5. The van der Waals surface area contributed by atoms with Gasteiger partial charge in [-0.2, -0.15) is 0 Å². The quantitative estimate of drug-likeness (QED) is 0.170. The molecule has 1 nitrogen and oxygen atoms in total. The van der Waals surface area contributed by atoms with Crippen LogP contribution in [-0.4, -0.2) is 0 Å². The van der Waals surface area contributed by atoms with E-state index in [2.05, 4.69) is 217 Å². The molecule has 10 aromatic rings. The summed E-state index contributed by atoms with van der Waals surface area (Å²) in [6.07, 6.45) is 0. The van der Waals surface area contributed by atoms with Crippen LogP contribution in [0.15, 0.2) is 212 Å². The van der Waals surface area contributed by atoms with E-state index in [1.807, 2.05) is 11.3 Å². The Labute approximate surface area is 336 Å². The highest BCUT2D eigenvalue weighted by atomic mass is 32.1. The summed E-state index contributed by atoms with van der Waals surface area (Å²) >= 11 is 1.86. The van der Waals surface area contributed by atoms with Gasteiger partial charge in [0.25, 0.3) is 0 Å². The SMILES string of the molecule is c1ccc(-c2ccccc2N(c2ccc(-c3ccc4c(c3)C3(c5ccccc5-c5ccccc53)c3ccccc3-4)cc2)c2ccc3c(c2)sc2ccccc23)cc1. The van der Waals surface area contributed by atoms with Gasteiger partial charge in [0.15, 0.2) is 0 Å². The lowest BCUT2D eigenvalue weighted by atomic mass is 9.70. The number of hydrogen-bond donors (Lipinski definition) is 0. The van der Waals surface area contributed by atoms with Crippen LogP contribution in [0.4, 0.5) is 17.1 Å². The Bertz CT molecular complexity index is 3130. The summed E-state index contributed by atoms with van der Waals surface area (Å²) in [6.45, 7) is 0. The highest BCUT2D eigenvalue weighted by Crippen LogP contribution is 2.63. The third-order valence-corrected chi connectivity index (χ3v) is 13.4. The van der Waals surface area contributed by atoms with Gasteiger partial charge in [-0.15, -0.1) is 11.3 Å². The zero-order valence-corrected chi connectivity index (χ0v) is 31.9. The Hall–Kier alpha value is -7.00. The van der Waals surface area contributed by atoms with Crippen LogP contribution in [-0.2, 0) is 5.41 Å². The van der Waals surface area contributed by atoms with Crippen LogP contribution in [0.2, 0.25) is 0 Å². The summed E-state index contributed by atoms with van der Waals surface area (Å²) < 4.78 is 2.60. The summed E-state index contributed by atoms with van der Waals surface area (Å²) in [4.78, 5) is 2.43. The second-order valence-corrected chi connectivity index (χ2v) is 16.3. The lowest BCUT2D eigenvalue weighted by Gasteiger charge is -2.30. The predicted octanol–water partition coefficient (Wildman–Crippen LogP) is 15.2. The highest BCUT2D eigenvalue weighted by molar-refractivity contribution is 7.25. The molecule has 0 fully saturated rings. The van der Waals surface area contributed by atoms with Gasteiger partial charge in [-0.05, 0) is 104 Å². The minimum atomic E-state index is -0.363. The van der Waals surface area contributed by atoms with Crippen molar-refractivity contribution >= 4 is 48.6 Å². The van der Waals surface area contributed by atoms with Crippen LogP contribution >= 0.6 is 11.3 Å². The first-order valence-electron chi connectivity index (χ1n) is 19.7. The lowest BCUT2D eigenvalue weighted by Crippen LogP contribution is -2.25. The topological polar surface area (TPSA) is 3.24 Å². The first kappa shape index (κ1) is 32.3. The second-order valence-electron chi connectivity index (χ2n) is 15.2. The summed E-state index contributed by atoms with van der Waals surface area (Å²) in [7, 11) is 0. The number of benzene rings is 9. The number of para-hydroxylation sites is 1. The van der Waals surface area contributed by atoms with Crippen molar-refractivity contribution in [1.29, 1.82) is 0 Å². The van der Waals surface area contributed by atoms with E-state index in [4.69, 9.17) is 0 Å². The maximum absolute atomic E-state index is 2.47. The summed E-state index contributed by atoms with van der Waals surface area (Å²) in [5, 5.41) is 2.61. The normalized spacial score (nSPS) is 13.1. The molecule has 2 aliphatic rings. The Morgan fingerprint density at radius 2 is 0.842 bits per heavy atom. The molecule has 0 bridgehead atoms. The average molecular weight is 742 g/mol. The molecule has 0 radical (unpaired) electrons. The molecule has 266 valence electrons. The van der Waals surface area contributed by atoms with E-state index in [-0.39, 0.29) is 5.41 Å². The fourth-order valence-electron chi connectivity index (χ4n) is 9.89. The minimum Gasteiger partial charge on any atom is -0.310 e. The van der Waals surface area contributed by atoms with E-state index in [0.29, 0.717) is 0 Å². The van der Waals surface area contributed by atoms with E-state index in [1.54, 1.807) is 0 Å². The Balaban J connectivity index is 1.01. The monoisotopic (exact) mass is 741 g/mol. The molecule has 0 N–H and O–H groups in total. The molecule has 0 amide bonds. The first-order valence-corrected chi connectivity index (χ1v) is 20.5. The van der Waals surface area contributed by atoms with Gasteiger partial charge in [0, 0.05) is 37.1 Å². The summed E-state index contributed by atoms with van der Waals surface area (Å²) in [6, 6.07) is 78.6. The number of hydrogen-bond acceptors (Lipinski definition) is 2. The third kappa shape index (κ3) is 4.68. The third-order valence-electron chi connectivity index (χ3n) is 12.3. The van der Waals surface area contributed by atoms with Gasteiger partial charge in [-0.25, -0.2) is 0 Å². The molecule has 2 aliphatic carbocycles. The molecular weight excluding hydrogens is 707 g/mol. The van der Waals surface area contributed by atoms with Gasteiger partial charge in [0.1, 0.15) is 0 Å². The number of fused-ring (bicyclic) bond motifs is 13. The molecule has 0 unspecified atom stereocenters. The van der Waals surface area contributed by atoms with Crippen molar-refractivity contribution < 1.29 is 0 Å². The second kappa shape index (κ2) is 12.5. The number of anilines is 3. The molecule has 0 aliphatic heterocycles. The van der Waals surface area contributed by atoms with Crippen molar-refractivity contribution in [2.24, 2.45) is 0 Å². The largest absolute Gasteiger partial charge is 0.310 e. The average Bonchev–Trinajstić information content (AvgIpc) is 3.91. The lowest BCUT2D eigenvalue weighted by molar-refractivity contribution is 0.794. The van der Waals surface area contributed by atoms with Gasteiger partial charge in [-0.1, -0.05) is 170 Å². The molecule has 0 atom stereocenters. The van der Waals surface area contributed by atoms with Crippen LogP contribution in [0.3, 0.4) is 0 Å². The molecule has 9 aromatic carbocycles. The summed E-state index contributed by atoms with van der Waals surface area (Å²) in [5.74, 6) is 0. The van der Waals surface area contributed by atoms with Crippen LogP contribution in [0.5, 0.6) is 0 Å². The zero-order valence-electron chi connectivity index (χ0n) is 31.1. The highest BCUT2D eigenvalue weighted by Gasteiger charge is 2.51. The minimum absolute atomic E-state index is 0.363. The van der Waals surface area contributed by atoms with E-state index in [9.17, 15) is 0 Å². The van der Waals surface area contributed by atoms with Crippen LogP contribution < -0.4 is 4.90 Å². The van der Waals surface area contributed by atoms with Gasteiger partial charge >= 0.3 is 0 Å². The van der Waals surface area contributed by atoms with Crippen LogP contribution in [0.25, 0.3) is 64.7 Å².